The lowest BCUT2D eigenvalue weighted by Crippen LogP contribution is -2.34. The molecule has 0 saturated heterocycles. The largest absolute Gasteiger partial charge is 0.459 e. The molecule has 3 rings (SSSR count). The third-order valence-corrected chi connectivity index (χ3v) is 4.08. The van der Waals surface area contributed by atoms with Crippen LogP contribution >= 0.6 is 15.9 Å². The fourth-order valence-corrected chi connectivity index (χ4v) is 2.72. The van der Waals surface area contributed by atoms with Crippen LogP contribution in [0.1, 0.15) is 22.4 Å². The monoisotopic (exact) mass is 376 g/mol. The molecule has 1 N–H and O–H groups in total. The summed E-state index contributed by atoms with van der Waals surface area (Å²) in [4.78, 5) is 14.1. The summed E-state index contributed by atoms with van der Waals surface area (Å²) < 4.78 is 11.7. The predicted molar refractivity (Wildman–Crippen MR) is 91.4 cm³/mol. The number of para-hydroxylation sites is 1. The summed E-state index contributed by atoms with van der Waals surface area (Å²) in [6.07, 6.45) is 0. The molecule has 5 nitrogen and oxygen atoms in total. The first-order chi connectivity index (χ1) is 11.0. The van der Waals surface area contributed by atoms with E-state index in [1.54, 1.807) is 12.1 Å². The van der Waals surface area contributed by atoms with Crippen LogP contribution in [0.25, 0.3) is 11.0 Å². The minimum absolute atomic E-state index is 0.0650. The third-order valence-electron chi connectivity index (χ3n) is 3.65. The number of furan rings is 2. The molecule has 0 spiro atoms. The second-order valence-electron chi connectivity index (χ2n) is 5.48. The Labute approximate surface area is 142 Å². The minimum atomic E-state index is -0.251. The molecule has 0 saturated carbocycles. The summed E-state index contributed by atoms with van der Waals surface area (Å²) in [6.45, 7) is 0.421. The molecule has 2 heterocycles. The van der Waals surface area contributed by atoms with Crippen molar-refractivity contribution in [3.8, 4) is 0 Å². The van der Waals surface area contributed by atoms with Gasteiger partial charge in [0.2, 0.25) is 0 Å². The highest BCUT2D eigenvalue weighted by atomic mass is 79.9. The van der Waals surface area contributed by atoms with Crippen LogP contribution in [0.5, 0.6) is 0 Å². The molecule has 0 unspecified atom stereocenters. The van der Waals surface area contributed by atoms with Crippen molar-refractivity contribution in [1.29, 1.82) is 0 Å². The second kappa shape index (κ2) is 6.60. The number of carbonyl (C=O) groups excluding carboxylic acids is 1. The van der Waals surface area contributed by atoms with Crippen LogP contribution in [0.2, 0.25) is 0 Å². The van der Waals surface area contributed by atoms with Gasteiger partial charge in [-0.25, -0.2) is 0 Å². The van der Waals surface area contributed by atoms with Gasteiger partial charge in [-0.1, -0.05) is 18.2 Å². The average Bonchev–Trinajstić information content (AvgIpc) is 3.12. The highest BCUT2D eigenvalue weighted by molar-refractivity contribution is 9.10. The predicted octanol–water partition coefficient (Wildman–Crippen LogP) is 3.82. The lowest BCUT2D eigenvalue weighted by molar-refractivity contribution is 0.0910. The highest BCUT2D eigenvalue weighted by Gasteiger charge is 2.20. The number of carbonyl (C=O) groups is 1. The molecule has 0 aliphatic heterocycles. The number of benzene rings is 1. The Balaban J connectivity index is 1.75. The number of hydrogen-bond donors (Lipinski definition) is 1. The van der Waals surface area contributed by atoms with Crippen LogP contribution in [-0.2, 0) is 0 Å². The molecular formula is C17H17BrN2O3. The van der Waals surface area contributed by atoms with Crippen molar-refractivity contribution in [2.24, 2.45) is 0 Å². The summed E-state index contributed by atoms with van der Waals surface area (Å²) >= 11 is 3.19. The molecule has 120 valence electrons. The van der Waals surface area contributed by atoms with Crippen molar-refractivity contribution >= 4 is 32.8 Å². The van der Waals surface area contributed by atoms with E-state index in [0.717, 1.165) is 16.7 Å². The fourth-order valence-electron chi connectivity index (χ4n) is 2.42. The number of likely N-dealkylation sites (N-methyl/N-ethyl adjacent to an activating group) is 1. The Kier molecular flexibility index (Phi) is 4.54. The quantitative estimate of drug-likeness (QED) is 0.735. The van der Waals surface area contributed by atoms with Crippen LogP contribution < -0.4 is 5.32 Å². The van der Waals surface area contributed by atoms with Gasteiger partial charge in [0, 0.05) is 11.9 Å². The number of fused-ring (bicyclic) bond motifs is 1. The molecule has 0 aliphatic rings. The van der Waals surface area contributed by atoms with E-state index in [1.807, 2.05) is 49.3 Å². The third kappa shape index (κ3) is 3.48. The molecule has 23 heavy (non-hydrogen) atoms. The fraction of sp³-hybridized carbons (Fsp3) is 0.235. The van der Waals surface area contributed by atoms with Gasteiger partial charge in [-0.3, -0.25) is 9.69 Å². The van der Waals surface area contributed by atoms with Gasteiger partial charge in [-0.2, -0.15) is 0 Å². The Morgan fingerprint density at radius 2 is 2.00 bits per heavy atom. The number of amides is 1. The molecule has 0 radical (unpaired) electrons. The van der Waals surface area contributed by atoms with Gasteiger partial charge in [-0.05, 0) is 54.3 Å². The molecule has 6 heteroatoms. The number of halogens is 1. The number of hydrogen-bond acceptors (Lipinski definition) is 4. The van der Waals surface area contributed by atoms with E-state index in [4.69, 9.17) is 8.83 Å². The molecule has 3 aromatic rings. The molecule has 1 atom stereocenters. The van der Waals surface area contributed by atoms with E-state index in [1.165, 1.54) is 0 Å². The van der Waals surface area contributed by atoms with Crippen molar-refractivity contribution in [3.05, 3.63) is 58.7 Å². The van der Waals surface area contributed by atoms with E-state index < -0.39 is 0 Å². The summed E-state index contributed by atoms with van der Waals surface area (Å²) in [5.74, 6) is 0.842. The standard InChI is InChI=1S/C17H17BrN2O3/c1-20(2)12(10-19-17(21)14-7-8-16(18)23-14)15-9-11-5-3-4-6-13(11)22-15/h3-9,12H,10H2,1-2H3,(H,19,21)/t12-/m0/s1. The summed E-state index contributed by atoms with van der Waals surface area (Å²) in [7, 11) is 3.90. The summed E-state index contributed by atoms with van der Waals surface area (Å²) in [5, 5.41) is 3.93. The zero-order valence-electron chi connectivity index (χ0n) is 12.9. The lowest BCUT2D eigenvalue weighted by Gasteiger charge is -2.22. The van der Waals surface area contributed by atoms with Gasteiger partial charge in [0.15, 0.2) is 10.4 Å². The minimum Gasteiger partial charge on any atom is -0.459 e. The first-order valence-electron chi connectivity index (χ1n) is 7.23. The zero-order chi connectivity index (χ0) is 16.4. The second-order valence-corrected chi connectivity index (χ2v) is 6.26. The SMILES string of the molecule is CN(C)[C@@H](CNC(=O)c1ccc(Br)o1)c1cc2ccccc2o1. The van der Waals surface area contributed by atoms with Gasteiger partial charge in [0.1, 0.15) is 11.3 Å². The maximum Gasteiger partial charge on any atom is 0.287 e. The average molecular weight is 377 g/mol. The first kappa shape index (κ1) is 15.8. The van der Waals surface area contributed by atoms with E-state index in [9.17, 15) is 4.79 Å². The molecular weight excluding hydrogens is 360 g/mol. The van der Waals surface area contributed by atoms with Crippen molar-refractivity contribution < 1.29 is 13.6 Å². The Bertz CT molecular complexity index is 789. The van der Waals surface area contributed by atoms with Gasteiger partial charge in [0.05, 0.1) is 6.04 Å². The lowest BCUT2D eigenvalue weighted by atomic mass is 10.2. The van der Waals surface area contributed by atoms with Gasteiger partial charge >= 0.3 is 0 Å². The first-order valence-corrected chi connectivity index (χ1v) is 8.02. The summed E-state index contributed by atoms with van der Waals surface area (Å²) in [5.41, 5.74) is 0.843. The Hall–Kier alpha value is -2.05. The topological polar surface area (TPSA) is 58.6 Å². The van der Waals surface area contributed by atoms with Crippen molar-refractivity contribution in [2.75, 3.05) is 20.6 Å². The van der Waals surface area contributed by atoms with Crippen molar-refractivity contribution in [2.45, 2.75) is 6.04 Å². The van der Waals surface area contributed by atoms with Crippen LogP contribution in [0.4, 0.5) is 0 Å². The van der Waals surface area contributed by atoms with E-state index in [2.05, 4.69) is 21.2 Å². The van der Waals surface area contributed by atoms with Gasteiger partial charge in [0.25, 0.3) is 5.91 Å². The maximum atomic E-state index is 12.1. The number of rotatable bonds is 5. The molecule has 0 aliphatic carbocycles. The molecule has 1 aromatic carbocycles. The number of nitrogens with one attached hydrogen (secondary N) is 1. The van der Waals surface area contributed by atoms with Crippen LogP contribution in [0.15, 0.2) is 56.0 Å². The van der Waals surface area contributed by atoms with Crippen molar-refractivity contribution in [3.63, 3.8) is 0 Å². The van der Waals surface area contributed by atoms with Gasteiger partial charge in [-0.15, -0.1) is 0 Å². The Morgan fingerprint density at radius 3 is 2.65 bits per heavy atom. The Morgan fingerprint density at radius 1 is 1.22 bits per heavy atom. The molecule has 0 fully saturated rings. The van der Waals surface area contributed by atoms with E-state index >= 15 is 0 Å². The highest BCUT2D eigenvalue weighted by Crippen LogP contribution is 2.26. The zero-order valence-corrected chi connectivity index (χ0v) is 14.5. The normalized spacial score (nSPS) is 12.7. The molecule has 0 bridgehead atoms. The smallest absolute Gasteiger partial charge is 0.287 e. The number of nitrogens with zero attached hydrogens (tertiary/aromatic N) is 1. The molecule has 1 amide bonds. The van der Waals surface area contributed by atoms with Crippen LogP contribution in [0.3, 0.4) is 0 Å². The van der Waals surface area contributed by atoms with E-state index in [0.29, 0.717) is 11.2 Å². The van der Waals surface area contributed by atoms with E-state index in [-0.39, 0.29) is 17.7 Å². The van der Waals surface area contributed by atoms with Gasteiger partial charge < -0.3 is 14.2 Å². The van der Waals surface area contributed by atoms with Crippen LogP contribution in [0, 0.1) is 0 Å². The molecule has 2 aromatic heterocycles. The van der Waals surface area contributed by atoms with Crippen LogP contribution in [-0.4, -0.2) is 31.4 Å². The van der Waals surface area contributed by atoms with Crippen molar-refractivity contribution in [1.82, 2.24) is 10.2 Å². The summed E-state index contributed by atoms with van der Waals surface area (Å²) in [6, 6.07) is 13.1. The maximum absolute atomic E-state index is 12.1.